The second-order valence-corrected chi connectivity index (χ2v) is 8.81. The van der Waals surface area contributed by atoms with Crippen LogP contribution < -0.4 is 0 Å². The van der Waals surface area contributed by atoms with Crippen molar-refractivity contribution in [3.8, 4) is 11.8 Å². The van der Waals surface area contributed by atoms with Gasteiger partial charge in [-0.15, -0.1) is 0 Å². The van der Waals surface area contributed by atoms with E-state index in [0.717, 1.165) is 42.4 Å². The summed E-state index contributed by atoms with van der Waals surface area (Å²) in [7, 11) is 0. The number of carboxylic acid groups (broad SMARTS) is 1. The monoisotopic (exact) mass is 385 g/mol. The maximum atomic E-state index is 11.6. The first-order chi connectivity index (χ1) is 13.0. The Labute approximate surface area is 169 Å². The number of rotatable bonds is 9. The normalized spacial score (nSPS) is 13.1. The standard InChI is InChI=1S/C24H35NO3/c1-8-11-23(4,5)19-13-16(17(10-3)18(15-25)22(27)28)14-20(21(19)26)24(6,7)12-9-2/h13-14,26H,8-12H2,1-7H3,(H,27,28). The van der Waals surface area contributed by atoms with E-state index in [-0.39, 0.29) is 16.4 Å². The van der Waals surface area contributed by atoms with Gasteiger partial charge in [-0.1, -0.05) is 61.3 Å². The van der Waals surface area contributed by atoms with Crippen molar-refractivity contribution in [3.05, 3.63) is 34.4 Å². The zero-order valence-corrected chi connectivity index (χ0v) is 18.4. The molecule has 0 fully saturated rings. The molecule has 28 heavy (non-hydrogen) atoms. The number of benzene rings is 1. The van der Waals surface area contributed by atoms with Crippen LogP contribution in [0.15, 0.2) is 17.7 Å². The number of nitriles is 1. The zero-order chi connectivity index (χ0) is 21.7. The number of allylic oxidation sites excluding steroid dienone is 1. The van der Waals surface area contributed by atoms with Gasteiger partial charge >= 0.3 is 5.97 Å². The fourth-order valence-electron chi connectivity index (χ4n) is 4.13. The number of phenolic OH excluding ortho intramolecular Hbond substituents is 1. The third-order valence-electron chi connectivity index (χ3n) is 5.65. The van der Waals surface area contributed by atoms with E-state index in [4.69, 9.17) is 0 Å². The van der Waals surface area contributed by atoms with Gasteiger partial charge in [0, 0.05) is 11.1 Å². The predicted molar refractivity (Wildman–Crippen MR) is 114 cm³/mol. The molecule has 0 radical (unpaired) electrons. The molecule has 4 nitrogen and oxygen atoms in total. The van der Waals surface area contributed by atoms with Crippen molar-refractivity contribution in [3.63, 3.8) is 0 Å². The summed E-state index contributed by atoms with van der Waals surface area (Å²) in [6, 6.07) is 5.62. The summed E-state index contributed by atoms with van der Waals surface area (Å²) in [5.74, 6) is -0.916. The van der Waals surface area contributed by atoms with Crippen LogP contribution >= 0.6 is 0 Å². The molecule has 1 rings (SSSR count). The van der Waals surface area contributed by atoms with Crippen molar-refractivity contribution in [1.29, 1.82) is 5.26 Å². The Balaban J connectivity index is 3.95. The number of phenols is 1. The van der Waals surface area contributed by atoms with Crippen molar-refractivity contribution < 1.29 is 15.0 Å². The van der Waals surface area contributed by atoms with E-state index in [1.807, 2.05) is 25.1 Å². The number of hydrogen-bond donors (Lipinski definition) is 2. The van der Waals surface area contributed by atoms with Crippen molar-refractivity contribution in [2.75, 3.05) is 0 Å². The third kappa shape index (κ3) is 4.95. The molecule has 2 N–H and O–H groups in total. The maximum absolute atomic E-state index is 11.6. The molecular weight excluding hydrogens is 350 g/mol. The molecule has 0 atom stereocenters. The fourth-order valence-corrected chi connectivity index (χ4v) is 4.13. The summed E-state index contributed by atoms with van der Waals surface area (Å²) >= 11 is 0. The second-order valence-electron chi connectivity index (χ2n) is 8.81. The molecule has 0 aliphatic heterocycles. The highest BCUT2D eigenvalue weighted by molar-refractivity contribution is 6.00. The second kappa shape index (κ2) is 9.28. The summed E-state index contributed by atoms with van der Waals surface area (Å²) in [5, 5.41) is 30.1. The zero-order valence-electron chi connectivity index (χ0n) is 18.4. The average molecular weight is 386 g/mol. The molecule has 0 aliphatic rings. The molecule has 1 aromatic rings. The van der Waals surface area contributed by atoms with Gasteiger partial charge in [0.1, 0.15) is 17.4 Å². The SMILES string of the molecule is CCCC(C)(C)c1cc(C(CC)=C(C#N)C(=O)O)cc(C(C)(C)CCC)c1O. The number of hydrogen-bond acceptors (Lipinski definition) is 3. The van der Waals surface area contributed by atoms with Gasteiger partial charge in [0.05, 0.1) is 0 Å². The molecule has 0 saturated heterocycles. The van der Waals surface area contributed by atoms with Crippen molar-refractivity contribution in [1.82, 2.24) is 0 Å². The number of aromatic hydroxyl groups is 1. The maximum Gasteiger partial charge on any atom is 0.346 e. The summed E-state index contributed by atoms with van der Waals surface area (Å²) in [5.41, 5.74) is 2.11. The minimum absolute atomic E-state index is 0.230. The van der Waals surface area contributed by atoms with E-state index in [9.17, 15) is 20.3 Å². The van der Waals surface area contributed by atoms with Crippen LogP contribution in [-0.2, 0) is 15.6 Å². The van der Waals surface area contributed by atoms with Crippen molar-refractivity contribution >= 4 is 11.5 Å². The molecule has 0 spiro atoms. The fraction of sp³-hybridized carbons (Fsp3) is 0.583. The van der Waals surface area contributed by atoms with Crippen LogP contribution in [0.25, 0.3) is 5.57 Å². The number of carbonyl (C=O) groups is 1. The lowest BCUT2D eigenvalue weighted by molar-refractivity contribution is -0.132. The molecule has 0 saturated carbocycles. The third-order valence-corrected chi connectivity index (χ3v) is 5.65. The van der Waals surface area contributed by atoms with Gasteiger partial charge in [0.25, 0.3) is 0 Å². The Morgan fingerprint density at radius 3 is 1.71 bits per heavy atom. The molecule has 0 aliphatic carbocycles. The lowest BCUT2D eigenvalue weighted by Crippen LogP contribution is -2.22. The Hall–Kier alpha value is -2.28. The first-order valence-electron chi connectivity index (χ1n) is 10.2. The Morgan fingerprint density at radius 2 is 1.43 bits per heavy atom. The summed E-state index contributed by atoms with van der Waals surface area (Å²) < 4.78 is 0. The summed E-state index contributed by atoms with van der Waals surface area (Å²) in [6.07, 6.45) is 4.17. The first-order valence-corrected chi connectivity index (χ1v) is 10.2. The molecule has 0 heterocycles. The van der Waals surface area contributed by atoms with Gasteiger partial charge in [-0.2, -0.15) is 5.26 Å². The Bertz CT molecular complexity index is 756. The summed E-state index contributed by atoms with van der Waals surface area (Å²) in [6.45, 7) is 14.5. The van der Waals surface area contributed by atoms with Crippen LogP contribution in [0.3, 0.4) is 0 Å². The average Bonchev–Trinajstić information content (AvgIpc) is 2.59. The van der Waals surface area contributed by atoms with E-state index in [1.165, 1.54) is 0 Å². The smallest absolute Gasteiger partial charge is 0.346 e. The van der Waals surface area contributed by atoms with Gasteiger partial charge in [0.15, 0.2) is 0 Å². The van der Waals surface area contributed by atoms with Crippen LogP contribution in [-0.4, -0.2) is 16.2 Å². The highest BCUT2D eigenvalue weighted by Crippen LogP contribution is 2.44. The van der Waals surface area contributed by atoms with E-state index in [0.29, 0.717) is 17.7 Å². The highest BCUT2D eigenvalue weighted by atomic mass is 16.4. The summed E-state index contributed by atoms with van der Waals surface area (Å²) in [4.78, 5) is 11.6. The van der Waals surface area contributed by atoms with Crippen molar-refractivity contribution in [2.45, 2.75) is 91.4 Å². The molecule has 0 amide bonds. The van der Waals surface area contributed by atoms with E-state index >= 15 is 0 Å². The van der Waals surface area contributed by atoms with E-state index < -0.39 is 5.97 Å². The molecule has 0 bridgehead atoms. The Kier molecular flexibility index (Phi) is 7.87. The van der Waals surface area contributed by atoms with Gasteiger partial charge in [0.2, 0.25) is 0 Å². The van der Waals surface area contributed by atoms with Gasteiger partial charge < -0.3 is 10.2 Å². The quantitative estimate of drug-likeness (QED) is 0.385. The minimum atomic E-state index is -1.21. The van der Waals surface area contributed by atoms with E-state index in [1.54, 1.807) is 0 Å². The van der Waals surface area contributed by atoms with Crippen LogP contribution in [0, 0.1) is 11.3 Å². The van der Waals surface area contributed by atoms with Crippen LogP contribution in [0.4, 0.5) is 0 Å². The van der Waals surface area contributed by atoms with Gasteiger partial charge in [-0.05, 0) is 53.4 Å². The largest absolute Gasteiger partial charge is 0.507 e. The van der Waals surface area contributed by atoms with Crippen LogP contribution in [0.2, 0.25) is 0 Å². The molecule has 0 aromatic heterocycles. The molecule has 154 valence electrons. The van der Waals surface area contributed by atoms with E-state index in [2.05, 4.69) is 41.5 Å². The molecule has 0 unspecified atom stereocenters. The number of aliphatic carboxylic acids is 1. The van der Waals surface area contributed by atoms with Crippen molar-refractivity contribution in [2.24, 2.45) is 0 Å². The molecule has 4 heteroatoms. The van der Waals surface area contributed by atoms with Gasteiger partial charge in [-0.3, -0.25) is 0 Å². The highest BCUT2D eigenvalue weighted by Gasteiger charge is 2.31. The first kappa shape index (κ1) is 23.8. The topological polar surface area (TPSA) is 81.3 Å². The predicted octanol–water partition coefficient (Wildman–Crippen LogP) is 6.32. The van der Waals surface area contributed by atoms with Gasteiger partial charge in [-0.25, -0.2) is 4.79 Å². The van der Waals surface area contributed by atoms with Crippen LogP contribution in [0.5, 0.6) is 5.75 Å². The molecular formula is C24H35NO3. The number of nitrogens with zero attached hydrogens (tertiary/aromatic N) is 1. The Morgan fingerprint density at radius 1 is 1.00 bits per heavy atom. The lowest BCUT2D eigenvalue weighted by Gasteiger charge is -2.32. The number of carboxylic acids is 1. The minimum Gasteiger partial charge on any atom is -0.507 e. The molecule has 1 aromatic carbocycles. The lowest BCUT2D eigenvalue weighted by atomic mass is 9.73. The van der Waals surface area contributed by atoms with Crippen LogP contribution in [0.1, 0.15) is 97.3 Å².